The van der Waals surface area contributed by atoms with Gasteiger partial charge < -0.3 is 20.4 Å². The summed E-state index contributed by atoms with van der Waals surface area (Å²) in [5, 5.41) is 44.3. The van der Waals surface area contributed by atoms with Gasteiger partial charge in [-0.1, -0.05) is 58.1 Å². The van der Waals surface area contributed by atoms with Crippen molar-refractivity contribution in [2.75, 3.05) is 0 Å². The zero-order valence-corrected chi connectivity index (χ0v) is 21.2. The predicted molar refractivity (Wildman–Crippen MR) is 135 cm³/mol. The SMILES string of the molecule is C=C(/C=C/c1ccc(O)c2c1C[C@]1(C)C[C@]3(C)CC(O)=C(C(C)=O)C(=O)[C@]3(O)C(O)=C1C2=O)C(C)C. The number of ketones is 3. The lowest BCUT2D eigenvalue weighted by molar-refractivity contribution is -0.158. The van der Waals surface area contributed by atoms with Crippen molar-refractivity contribution in [2.45, 2.75) is 59.5 Å². The summed E-state index contributed by atoms with van der Waals surface area (Å²) >= 11 is 0. The molecule has 0 saturated heterocycles. The fourth-order valence-electron chi connectivity index (χ4n) is 6.22. The maximum absolute atomic E-state index is 13.8. The number of Topliss-reactive ketones (excluding diaryl/α,β-unsaturated/α-hetero) is 3. The number of phenols is 1. The molecular weight excluding hydrogens is 460 g/mol. The van der Waals surface area contributed by atoms with Crippen LogP contribution in [0.4, 0.5) is 0 Å². The van der Waals surface area contributed by atoms with E-state index >= 15 is 0 Å². The van der Waals surface area contributed by atoms with E-state index < -0.39 is 50.9 Å². The van der Waals surface area contributed by atoms with Crippen molar-refractivity contribution in [2.24, 2.45) is 16.7 Å². The zero-order chi connectivity index (χ0) is 27.0. The third-order valence-corrected chi connectivity index (χ3v) is 8.16. The number of phenolic OH excluding ortho intramolecular Hbond substituents is 1. The van der Waals surface area contributed by atoms with Crippen molar-refractivity contribution in [1.82, 2.24) is 0 Å². The number of aliphatic hydroxyl groups is 3. The minimum absolute atomic E-state index is 0.00646. The standard InChI is InChI=1S/C29H32O7/c1-14(2)15(3)7-8-17-9-10-19(31)22-18(17)11-27(5)13-28(6)12-20(32)21(16(4)30)25(34)29(28,36)26(35)23(27)24(22)33/h7-10,14,31-32,35-36H,3,11-13H2,1-2,4-6H3/b8-7+/t27-,28+,29+/m1/s1. The Morgan fingerprint density at radius 3 is 2.33 bits per heavy atom. The molecule has 36 heavy (non-hydrogen) atoms. The van der Waals surface area contributed by atoms with Crippen LogP contribution in [-0.2, 0) is 16.0 Å². The Labute approximate surface area is 210 Å². The molecule has 0 unspecified atom stereocenters. The quantitative estimate of drug-likeness (QED) is 0.354. The molecule has 7 heteroatoms. The maximum atomic E-state index is 13.8. The van der Waals surface area contributed by atoms with Gasteiger partial charge in [0.05, 0.1) is 5.56 Å². The Hall–Kier alpha value is -3.45. The second kappa shape index (κ2) is 8.03. The maximum Gasteiger partial charge on any atom is 0.209 e. The van der Waals surface area contributed by atoms with E-state index in [1.165, 1.54) is 6.07 Å². The first-order chi connectivity index (χ1) is 16.6. The van der Waals surface area contributed by atoms with E-state index in [4.69, 9.17) is 0 Å². The second-order valence-electron chi connectivity index (χ2n) is 11.2. The smallest absolute Gasteiger partial charge is 0.209 e. The van der Waals surface area contributed by atoms with Crippen LogP contribution in [0.25, 0.3) is 6.08 Å². The molecule has 3 atom stereocenters. The summed E-state index contributed by atoms with van der Waals surface area (Å²) in [4.78, 5) is 39.3. The topological polar surface area (TPSA) is 132 Å². The van der Waals surface area contributed by atoms with E-state index in [2.05, 4.69) is 6.58 Å². The van der Waals surface area contributed by atoms with Gasteiger partial charge >= 0.3 is 0 Å². The van der Waals surface area contributed by atoms with E-state index in [0.29, 0.717) is 11.1 Å². The van der Waals surface area contributed by atoms with E-state index in [1.807, 2.05) is 26.0 Å². The number of carbonyl (C=O) groups is 3. The number of rotatable bonds is 4. The Kier molecular flexibility index (Phi) is 5.72. The number of carbonyl (C=O) groups excluding carboxylic acids is 3. The first kappa shape index (κ1) is 25.6. The van der Waals surface area contributed by atoms with Gasteiger partial charge in [-0.3, -0.25) is 14.4 Å². The van der Waals surface area contributed by atoms with Gasteiger partial charge in [0.2, 0.25) is 5.78 Å². The molecule has 7 nitrogen and oxygen atoms in total. The zero-order valence-electron chi connectivity index (χ0n) is 21.2. The van der Waals surface area contributed by atoms with Crippen LogP contribution in [0.1, 0.15) is 68.9 Å². The molecule has 0 spiro atoms. The van der Waals surface area contributed by atoms with Crippen LogP contribution >= 0.6 is 0 Å². The predicted octanol–water partition coefficient (Wildman–Crippen LogP) is 4.69. The van der Waals surface area contributed by atoms with E-state index in [1.54, 1.807) is 19.9 Å². The summed E-state index contributed by atoms with van der Waals surface area (Å²) in [5.41, 5.74) is -3.50. The van der Waals surface area contributed by atoms with Crippen LogP contribution in [0.15, 0.2) is 53.0 Å². The van der Waals surface area contributed by atoms with Crippen molar-refractivity contribution >= 4 is 23.4 Å². The first-order valence-electron chi connectivity index (χ1n) is 12.0. The largest absolute Gasteiger partial charge is 0.511 e. The van der Waals surface area contributed by atoms with Crippen LogP contribution in [0, 0.1) is 16.7 Å². The fourth-order valence-corrected chi connectivity index (χ4v) is 6.22. The first-order valence-corrected chi connectivity index (χ1v) is 12.0. The van der Waals surface area contributed by atoms with Crippen LogP contribution in [0.2, 0.25) is 0 Å². The number of hydrogen-bond acceptors (Lipinski definition) is 7. The highest BCUT2D eigenvalue weighted by Crippen LogP contribution is 2.62. The van der Waals surface area contributed by atoms with Crippen molar-refractivity contribution < 1.29 is 34.8 Å². The summed E-state index contributed by atoms with van der Waals surface area (Å²) in [6.45, 7) is 12.5. The minimum Gasteiger partial charge on any atom is -0.511 e. The molecular formula is C29H32O7. The minimum atomic E-state index is -2.57. The number of aromatic hydroxyl groups is 1. The summed E-state index contributed by atoms with van der Waals surface area (Å²) in [6, 6.07) is 3.11. The van der Waals surface area contributed by atoms with Gasteiger partial charge in [-0.15, -0.1) is 0 Å². The molecule has 0 heterocycles. The monoisotopic (exact) mass is 492 g/mol. The van der Waals surface area contributed by atoms with E-state index in [0.717, 1.165) is 12.5 Å². The van der Waals surface area contributed by atoms with Gasteiger partial charge in [0, 0.05) is 22.8 Å². The third kappa shape index (κ3) is 3.33. The van der Waals surface area contributed by atoms with Crippen LogP contribution in [0.5, 0.6) is 5.75 Å². The van der Waals surface area contributed by atoms with Crippen LogP contribution in [0.3, 0.4) is 0 Å². The van der Waals surface area contributed by atoms with Crippen molar-refractivity contribution in [3.63, 3.8) is 0 Å². The van der Waals surface area contributed by atoms with E-state index in [-0.39, 0.29) is 42.1 Å². The third-order valence-electron chi connectivity index (χ3n) is 8.16. The molecule has 4 N–H and O–H groups in total. The Morgan fingerprint density at radius 2 is 1.75 bits per heavy atom. The van der Waals surface area contributed by atoms with E-state index in [9.17, 15) is 34.8 Å². The van der Waals surface area contributed by atoms with Gasteiger partial charge in [0.25, 0.3) is 0 Å². The Morgan fingerprint density at radius 1 is 1.11 bits per heavy atom. The number of fused-ring (bicyclic) bond motifs is 3. The van der Waals surface area contributed by atoms with Gasteiger partial charge in [-0.2, -0.15) is 0 Å². The van der Waals surface area contributed by atoms with Crippen molar-refractivity contribution in [3.8, 4) is 5.75 Å². The number of aliphatic hydroxyl groups excluding tert-OH is 2. The Bertz CT molecular complexity index is 1340. The van der Waals surface area contributed by atoms with Crippen molar-refractivity contribution in [1.29, 1.82) is 0 Å². The summed E-state index contributed by atoms with van der Waals surface area (Å²) in [6.07, 6.45) is 3.78. The van der Waals surface area contributed by atoms with Gasteiger partial charge in [0.15, 0.2) is 17.2 Å². The summed E-state index contributed by atoms with van der Waals surface area (Å²) in [7, 11) is 0. The molecule has 1 aromatic rings. The second-order valence-corrected chi connectivity index (χ2v) is 11.2. The van der Waals surface area contributed by atoms with Gasteiger partial charge in [-0.25, -0.2) is 0 Å². The number of allylic oxidation sites excluding steroid dienone is 4. The summed E-state index contributed by atoms with van der Waals surface area (Å²) < 4.78 is 0. The molecule has 3 aliphatic rings. The molecule has 0 radical (unpaired) electrons. The molecule has 0 aliphatic heterocycles. The summed E-state index contributed by atoms with van der Waals surface area (Å²) in [5.74, 6) is -3.85. The van der Waals surface area contributed by atoms with Crippen LogP contribution < -0.4 is 0 Å². The lowest BCUT2D eigenvalue weighted by Gasteiger charge is -2.56. The molecule has 1 aromatic carbocycles. The molecule has 0 saturated carbocycles. The van der Waals surface area contributed by atoms with Gasteiger partial charge in [0.1, 0.15) is 22.8 Å². The van der Waals surface area contributed by atoms with Crippen LogP contribution in [-0.4, -0.2) is 43.4 Å². The highest BCUT2D eigenvalue weighted by Gasteiger charge is 2.67. The Balaban J connectivity index is 1.95. The average molecular weight is 493 g/mol. The lowest BCUT2D eigenvalue weighted by atomic mass is 9.48. The highest BCUT2D eigenvalue weighted by atomic mass is 16.3. The number of benzene rings is 1. The highest BCUT2D eigenvalue weighted by molar-refractivity contribution is 6.25. The van der Waals surface area contributed by atoms with Gasteiger partial charge in [-0.05, 0) is 42.9 Å². The average Bonchev–Trinajstić information content (AvgIpc) is 2.74. The fraction of sp³-hybridized carbons (Fsp3) is 0.414. The molecule has 3 aliphatic carbocycles. The molecule has 0 amide bonds. The molecule has 0 bridgehead atoms. The lowest BCUT2D eigenvalue weighted by Crippen LogP contribution is -2.63. The number of hydrogen-bond donors (Lipinski definition) is 4. The molecule has 190 valence electrons. The normalized spacial score (nSPS) is 30.0. The molecule has 4 rings (SSSR count). The molecule has 0 aromatic heterocycles. The molecule has 0 fully saturated rings. The van der Waals surface area contributed by atoms with Crippen molar-refractivity contribution in [3.05, 3.63) is 69.7 Å².